The van der Waals surface area contributed by atoms with E-state index in [0.717, 1.165) is 32.9 Å². The van der Waals surface area contributed by atoms with E-state index >= 15 is 0 Å². The molecule has 1 saturated heterocycles. The molecule has 2 fully saturated rings. The Labute approximate surface area is 181 Å². The minimum Gasteiger partial charge on any atom is -0.493 e. The Bertz CT molecular complexity index is 1110. The molecule has 4 rings (SSSR count). The van der Waals surface area contributed by atoms with Crippen LogP contribution in [0.15, 0.2) is 23.0 Å². The van der Waals surface area contributed by atoms with Crippen LogP contribution in [0.1, 0.15) is 67.1 Å². The van der Waals surface area contributed by atoms with E-state index in [-0.39, 0.29) is 22.6 Å². The van der Waals surface area contributed by atoms with Crippen molar-refractivity contribution in [1.82, 2.24) is 4.98 Å². The monoisotopic (exact) mass is 457 g/mol. The Morgan fingerprint density at radius 1 is 1.22 bits per heavy atom. The highest BCUT2D eigenvalue weighted by Crippen LogP contribution is 2.59. The number of aromatic amines is 1. The van der Waals surface area contributed by atoms with E-state index in [1.54, 1.807) is 6.92 Å². The van der Waals surface area contributed by atoms with Crippen LogP contribution in [0.3, 0.4) is 0 Å². The van der Waals surface area contributed by atoms with Crippen molar-refractivity contribution in [3.05, 3.63) is 62.6 Å². The maximum Gasteiger partial charge on any atom is 0.417 e. The van der Waals surface area contributed by atoms with E-state index in [1.165, 1.54) is 19.1 Å². The number of alkyl halides is 3. The molecule has 0 spiro atoms. The van der Waals surface area contributed by atoms with Gasteiger partial charge in [0.1, 0.15) is 6.10 Å². The Kier molecular flexibility index (Phi) is 5.39. The summed E-state index contributed by atoms with van der Waals surface area (Å²) < 4.78 is 81.1. The second-order valence-corrected chi connectivity index (χ2v) is 8.84. The maximum absolute atomic E-state index is 14.5. The van der Waals surface area contributed by atoms with Gasteiger partial charge in [-0.25, -0.2) is 4.39 Å². The van der Waals surface area contributed by atoms with Crippen LogP contribution in [-0.2, 0) is 4.74 Å². The molecule has 1 aliphatic heterocycles. The first kappa shape index (κ1) is 22.8. The number of nitrogens with one attached hydrogen (secondary N) is 1. The van der Waals surface area contributed by atoms with Crippen LogP contribution in [0.5, 0.6) is 5.75 Å². The van der Waals surface area contributed by atoms with Gasteiger partial charge in [0.15, 0.2) is 22.6 Å². The predicted octanol–water partition coefficient (Wildman–Crippen LogP) is 5.66. The third kappa shape index (κ3) is 3.41. The quantitative estimate of drug-likeness (QED) is 0.603. The number of aryl methyl sites for hydroxylation is 1. The normalized spacial score (nSPS) is 28.2. The summed E-state index contributed by atoms with van der Waals surface area (Å²) >= 11 is 0. The number of rotatable bonds is 4. The van der Waals surface area contributed by atoms with E-state index < -0.39 is 47.1 Å². The minimum absolute atomic E-state index is 0.0432. The van der Waals surface area contributed by atoms with Crippen molar-refractivity contribution in [2.24, 2.45) is 5.92 Å². The molecule has 4 atom stereocenters. The van der Waals surface area contributed by atoms with Crippen LogP contribution < -0.4 is 10.2 Å². The number of hydrogen-bond donors (Lipinski definition) is 1. The number of methoxy groups -OCH3 is 1. The summed E-state index contributed by atoms with van der Waals surface area (Å²) in [7, 11) is 1.12. The zero-order valence-electron chi connectivity index (χ0n) is 18.1. The van der Waals surface area contributed by atoms with Crippen LogP contribution in [0.4, 0.5) is 22.0 Å². The first-order valence-corrected chi connectivity index (χ1v) is 10.4. The Morgan fingerprint density at radius 3 is 2.41 bits per heavy atom. The van der Waals surface area contributed by atoms with Crippen LogP contribution in [0.25, 0.3) is 0 Å². The number of H-pyrrole nitrogens is 1. The van der Waals surface area contributed by atoms with Gasteiger partial charge >= 0.3 is 6.18 Å². The highest BCUT2D eigenvalue weighted by atomic mass is 19.4. The van der Waals surface area contributed by atoms with Gasteiger partial charge < -0.3 is 14.5 Å². The zero-order valence-corrected chi connectivity index (χ0v) is 18.1. The van der Waals surface area contributed by atoms with Crippen molar-refractivity contribution in [3.63, 3.8) is 0 Å². The molecule has 0 bridgehead atoms. The lowest BCUT2D eigenvalue weighted by Gasteiger charge is -2.32. The van der Waals surface area contributed by atoms with Crippen molar-refractivity contribution < 1.29 is 31.4 Å². The van der Waals surface area contributed by atoms with E-state index in [1.807, 2.05) is 0 Å². The van der Waals surface area contributed by atoms with Crippen LogP contribution in [0, 0.1) is 24.5 Å². The number of halogens is 5. The fraction of sp³-hybridized carbons (Fsp3) is 0.522. The fourth-order valence-corrected chi connectivity index (χ4v) is 4.84. The Morgan fingerprint density at radius 2 is 1.88 bits per heavy atom. The molecule has 0 amide bonds. The molecule has 0 radical (unpaired) electrons. The zero-order chi connectivity index (χ0) is 23.6. The average molecular weight is 457 g/mol. The number of pyridine rings is 1. The molecule has 1 saturated carbocycles. The lowest BCUT2D eigenvalue weighted by atomic mass is 9.76. The van der Waals surface area contributed by atoms with Crippen molar-refractivity contribution in [2.45, 2.75) is 63.3 Å². The molecule has 1 aromatic heterocycles. The third-order valence-corrected chi connectivity index (χ3v) is 6.89. The largest absolute Gasteiger partial charge is 0.493 e. The summed E-state index contributed by atoms with van der Waals surface area (Å²) in [6.07, 6.45) is -4.22. The SMILES string of the molecule is COc1c([C@H]2[C@H](c3cc(=O)c(C4CC4)c(C)[nH]3)O[C@@](C)(C(F)(F)F)[C@H]2C)ccc(F)c1F. The van der Waals surface area contributed by atoms with Crippen LogP contribution in [-0.4, -0.2) is 23.9 Å². The van der Waals surface area contributed by atoms with E-state index in [4.69, 9.17) is 9.47 Å². The van der Waals surface area contributed by atoms with Gasteiger partial charge in [0.25, 0.3) is 0 Å². The fourth-order valence-electron chi connectivity index (χ4n) is 4.84. The van der Waals surface area contributed by atoms with E-state index in [9.17, 15) is 26.7 Å². The third-order valence-electron chi connectivity index (χ3n) is 6.89. The minimum atomic E-state index is -4.74. The number of benzene rings is 1. The first-order valence-electron chi connectivity index (χ1n) is 10.4. The van der Waals surface area contributed by atoms with Gasteiger partial charge in [-0.3, -0.25) is 4.79 Å². The molecule has 9 heteroatoms. The smallest absolute Gasteiger partial charge is 0.417 e. The lowest BCUT2D eigenvalue weighted by Crippen LogP contribution is -2.46. The average Bonchev–Trinajstić information content (AvgIpc) is 3.49. The molecule has 32 heavy (non-hydrogen) atoms. The Balaban J connectivity index is 1.90. The van der Waals surface area contributed by atoms with Crippen molar-refractivity contribution >= 4 is 0 Å². The summed E-state index contributed by atoms with van der Waals surface area (Å²) in [4.78, 5) is 15.8. The molecule has 1 aliphatic carbocycles. The molecule has 2 aromatic rings. The van der Waals surface area contributed by atoms with Gasteiger partial charge in [-0.15, -0.1) is 0 Å². The predicted molar refractivity (Wildman–Crippen MR) is 107 cm³/mol. The molecular formula is C23H24F5NO3. The summed E-state index contributed by atoms with van der Waals surface area (Å²) in [5, 5.41) is 0. The summed E-state index contributed by atoms with van der Waals surface area (Å²) in [5.74, 6) is -5.04. The molecule has 4 nitrogen and oxygen atoms in total. The molecule has 1 aromatic carbocycles. The maximum atomic E-state index is 14.5. The van der Waals surface area contributed by atoms with Crippen LogP contribution >= 0.6 is 0 Å². The van der Waals surface area contributed by atoms with Gasteiger partial charge in [0.05, 0.1) is 7.11 Å². The molecule has 0 unspecified atom stereocenters. The van der Waals surface area contributed by atoms with Crippen LogP contribution in [0.2, 0.25) is 0 Å². The summed E-state index contributed by atoms with van der Waals surface area (Å²) in [6.45, 7) is 3.98. The second kappa shape index (κ2) is 7.57. The molecule has 2 heterocycles. The van der Waals surface area contributed by atoms with E-state index in [0.29, 0.717) is 11.3 Å². The molecule has 2 aliphatic rings. The lowest BCUT2D eigenvalue weighted by molar-refractivity contribution is -0.275. The van der Waals surface area contributed by atoms with Gasteiger partial charge in [-0.2, -0.15) is 17.6 Å². The highest BCUT2D eigenvalue weighted by Gasteiger charge is 2.65. The molecule has 1 N–H and O–H groups in total. The van der Waals surface area contributed by atoms with Crippen molar-refractivity contribution in [1.29, 1.82) is 0 Å². The summed E-state index contributed by atoms with van der Waals surface area (Å²) in [6, 6.07) is 3.32. The van der Waals surface area contributed by atoms with Gasteiger partial charge in [-0.05, 0) is 38.7 Å². The number of ether oxygens (including phenoxy) is 2. The molecule has 174 valence electrons. The van der Waals surface area contributed by atoms with Gasteiger partial charge in [0, 0.05) is 40.4 Å². The van der Waals surface area contributed by atoms with Gasteiger partial charge in [0.2, 0.25) is 5.82 Å². The number of hydrogen-bond acceptors (Lipinski definition) is 3. The second-order valence-electron chi connectivity index (χ2n) is 8.84. The van der Waals surface area contributed by atoms with Crippen molar-refractivity contribution in [2.75, 3.05) is 7.11 Å². The topological polar surface area (TPSA) is 51.3 Å². The first-order chi connectivity index (χ1) is 14.9. The standard InChI is InChI=1S/C23H24F5NO3/c1-10-17(13-7-8-14(24)19(25)20(13)31-4)21(32-22(10,3)23(26,27)28)15-9-16(30)18(11(2)29-15)12-5-6-12/h7-10,12,17,21H,5-6H2,1-4H3,(H,29,30)/t10-,17-,21-,22+/m0/s1. The number of aromatic nitrogens is 1. The van der Waals surface area contributed by atoms with Gasteiger partial charge in [-0.1, -0.05) is 13.0 Å². The molecular weight excluding hydrogens is 433 g/mol. The summed E-state index contributed by atoms with van der Waals surface area (Å²) in [5.41, 5.74) is -1.46. The van der Waals surface area contributed by atoms with E-state index in [2.05, 4.69) is 4.98 Å². The van der Waals surface area contributed by atoms with Crippen molar-refractivity contribution in [3.8, 4) is 5.75 Å². The highest BCUT2D eigenvalue weighted by molar-refractivity contribution is 5.42. The Hall–Kier alpha value is -2.42.